The first-order valence-corrected chi connectivity index (χ1v) is 7.02. The maximum absolute atomic E-state index is 13.1. The smallest absolute Gasteiger partial charge is 0.224 e. The summed E-state index contributed by atoms with van der Waals surface area (Å²) in [6.07, 6.45) is 0.782. The molecule has 3 rings (SSSR count). The lowest BCUT2D eigenvalue weighted by Crippen LogP contribution is -2.12. The Morgan fingerprint density at radius 2 is 2.14 bits per heavy atom. The Morgan fingerprint density at radius 1 is 1.27 bits per heavy atom. The summed E-state index contributed by atoms with van der Waals surface area (Å²) in [5.74, 6) is 0.175. The quantitative estimate of drug-likeness (QED) is 0.796. The van der Waals surface area contributed by atoms with Gasteiger partial charge in [-0.1, -0.05) is 12.1 Å². The van der Waals surface area contributed by atoms with Crippen LogP contribution in [0.15, 0.2) is 46.9 Å². The molecule has 1 heterocycles. The molecule has 112 valence electrons. The molecule has 0 unspecified atom stereocenters. The van der Waals surface area contributed by atoms with Gasteiger partial charge in [-0.05, 0) is 36.2 Å². The normalized spacial score (nSPS) is 10.8. The summed E-state index contributed by atoms with van der Waals surface area (Å²) in [7, 11) is 0. The number of carbonyl (C=O) groups is 1. The summed E-state index contributed by atoms with van der Waals surface area (Å²) in [5, 5.41) is 2.81. The number of nitrogens with zero attached hydrogens (tertiary/aromatic N) is 1. The van der Waals surface area contributed by atoms with Crippen LogP contribution in [-0.4, -0.2) is 10.9 Å². The van der Waals surface area contributed by atoms with Gasteiger partial charge in [0.25, 0.3) is 0 Å². The molecule has 4 nitrogen and oxygen atoms in total. The monoisotopic (exact) mass is 298 g/mol. The molecule has 5 heteroatoms. The lowest BCUT2D eigenvalue weighted by Gasteiger charge is -2.05. The van der Waals surface area contributed by atoms with Crippen molar-refractivity contribution in [2.75, 3.05) is 5.32 Å². The number of halogens is 1. The highest BCUT2D eigenvalue weighted by Gasteiger charge is 2.07. The molecule has 0 aliphatic rings. The van der Waals surface area contributed by atoms with Crippen molar-refractivity contribution < 1.29 is 13.6 Å². The number of carbonyl (C=O) groups excluding carboxylic acids is 1. The number of hydrogen-bond acceptors (Lipinski definition) is 3. The second kappa shape index (κ2) is 5.97. The third-order valence-corrected chi connectivity index (χ3v) is 3.31. The van der Waals surface area contributed by atoms with Crippen LogP contribution >= 0.6 is 0 Å². The van der Waals surface area contributed by atoms with E-state index in [-0.39, 0.29) is 18.1 Å². The molecule has 0 spiro atoms. The number of benzene rings is 2. The molecular formula is C17H15FN2O2. The number of nitrogens with one attached hydrogen (secondary N) is 1. The Morgan fingerprint density at radius 3 is 2.95 bits per heavy atom. The summed E-state index contributed by atoms with van der Waals surface area (Å²) in [6.45, 7) is 1.78. The minimum Gasteiger partial charge on any atom is -0.441 e. The summed E-state index contributed by atoms with van der Waals surface area (Å²) in [6, 6.07) is 11.6. The molecule has 0 fully saturated rings. The van der Waals surface area contributed by atoms with Crippen LogP contribution < -0.4 is 5.32 Å². The Bertz CT molecular complexity index is 826. The van der Waals surface area contributed by atoms with Gasteiger partial charge in [-0.3, -0.25) is 4.79 Å². The largest absolute Gasteiger partial charge is 0.441 e. The van der Waals surface area contributed by atoms with Crippen LogP contribution in [0.25, 0.3) is 11.1 Å². The number of aromatic nitrogens is 1. The SMILES string of the molecule is Cc1nc2ccc(NC(=O)CCc3cccc(F)c3)cc2o1. The fourth-order valence-electron chi connectivity index (χ4n) is 2.29. The van der Waals surface area contributed by atoms with Crippen LogP contribution in [0.5, 0.6) is 0 Å². The van der Waals surface area contributed by atoms with Gasteiger partial charge in [0.15, 0.2) is 11.5 Å². The molecule has 3 aromatic rings. The third kappa shape index (κ3) is 3.31. The molecule has 0 saturated heterocycles. The fourth-order valence-corrected chi connectivity index (χ4v) is 2.29. The average molecular weight is 298 g/mol. The molecule has 1 aromatic heterocycles. The molecule has 0 saturated carbocycles. The molecular weight excluding hydrogens is 283 g/mol. The number of amides is 1. The average Bonchev–Trinajstić information content (AvgIpc) is 2.84. The maximum Gasteiger partial charge on any atom is 0.224 e. The predicted molar refractivity (Wildman–Crippen MR) is 82.1 cm³/mol. The first kappa shape index (κ1) is 14.3. The topological polar surface area (TPSA) is 55.1 Å². The van der Waals surface area contributed by atoms with Gasteiger partial charge in [0.2, 0.25) is 5.91 Å². The number of fused-ring (bicyclic) bond motifs is 1. The van der Waals surface area contributed by atoms with Crippen LogP contribution in [-0.2, 0) is 11.2 Å². The van der Waals surface area contributed by atoms with Crippen LogP contribution in [0, 0.1) is 12.7 Å². The van der Waals surface area contributed by atoms with Crippen molar-refractivity contribution in [3.8, 4) is 0 Å². The number of aryl methyl sites for hydroxylation is 2. The fraction of sp³-hybridized carbons (Fsp3) is 0.176. The van der Waals surface area contributed by atoms with Crippen molar-refractivity contribution in [2.45, 2.75) is 19.8 Å². The highest BCUT2D eigenvalue weighted by atomic mass is 19.1. The van der Waals surface area contributed by atoms with Crippen LogP contribution in [0.1, 0.15) is 17.9 Å². The third-order valence-electron chi connectivity index (χ3n) is 3.31. The summed E-state index contributed by atoms with van der Waals surface area (Å²) >= 11 is 0. The maximum atomic E-state index is 13.1. The van der Waals surface area contributed by atoms with Crippen molar-refractivity contribution in [3.05, 3.63) is 59.7 Å². The van der Waals surface area contributed by atoms with Crippen molar-refractivity contribution in [1.82, 2.24) is 4.98 Å². The van der Waals surface area contributed by atoms with E-state index in [0.717, 1.165) is 11.1 Å². The van der Waals surface area contributed by atoms with Gasteiger partial charge in [-0.25, -0.2) is 9.37 Å². The van der Waals surface area contributed by atoms with Gasteiger partial charge < -0.3 is 9.73 Å². The first-order valence-electron chi connectivity index (χ1n) is 7.02. The Kier molecular flexibility index (Phi) is 3.87. The van der Waals surface area contributed by atoms with Gasteiger partial charge in [-0.2, -0.15) is 0 Å². The zero-order valence-electron chi connectivity index (χ0n) is 12.1. The number of anilines is 1. The predicted octanol–water partition coefficient (Wildman–Crippen LogP) is 3.85. The van der Waals surface area contributed by atoms with E-state index in [0.29, 0.717) is 23.6 Å². The van der Waals surface area contributed by atoms with E-state index in [4.69, 9.17) is 4.42 Å². The molecule has 0 atom stereocenters. The van der Waals surface area contributed by atoms with E-state index >= 15 is 0 Å². The second-order valence-corrected chi connectivity index (χ2v) is 5.09. The van der Waals surface area contributed by atoms with E-state index in [9.17, 15) is 9.18 Å². The Hall–Kier alpha value is -2.69. The molecule has 0 radical (unpaired) electrons. The van der Waals surface area contributed by atoms with Crippen molar-refractivity contribution >= 4 is 22.7 Å². The molecule has 0 aliphatic carbocycles. The van der Waals surface area contributed by atoms with E-state index in [1.807, 2.05) is 0 Å². The summed E-state index contributed by atoms with van der Waals surface area (Å²) in [4.78, 5) is 16.2. The number of oxazole rings is 1. The standard InChI is InChI=1S/C17H15FN2O2/c1-11-19-15-7-6-14(10-16(15)22-11)20-17(21)8-5-12-3-2-4-13(18)9-12/h2-4,6-7,9-10H,5,8H2,1H3,(H,20,21). The van der Waals surface area contributed by atoms with E-state index in [1.54, 1.807) is 37.3 Å². The van der Waals surface area contributed by atoms with Gasteiger partial charge in [0.05, 0.1) is 0 Å². The van der Waals surface area contributed by atoms with Crippen LogP contribution in [0.3, 0.4) is 0 Å². The van der Waals surface area contributed by atoms with E-state index < -0.39 is 0 Å². The lowest BCUT2D eigenvalue weighted by molar-refractivity contribution is -0.116. The second-order valence-electron chi connectivity index (χ2n) is 5.09. The van der Waals surface area contributed by atoms with Gasteiger partial charge in [-0.15, -0.1) is 0 Å². The van der Waals surface area contributed by atoms with Gasteiger partial charge in [0, 0.05) is 25.1 Å². The first-order chi connectivity index (χ1) is 10.6. The lowest BCUT2D eigenvalue weighted by atomic mass is 10.1. The van der Waals surface area contributed by atoms with E-state index in [2.05, 4.69) is 10.3 Å². The summed E-state index contributed by atoms with van der Waals surface area (Å²) in [5.41, 5.74) is 2.86. The van der Waals surface area contributed by atoms with Crippen LogP contribution in [0.4, 0.5) is 10.1 Å². The number of hydrogen-bond donors (Lipinski definition) is 1. The molecule has 22 heavy (non-hydrogen) atoms. The van der Waals surface area contributed by atoms with Gasteiger partial charge >= 0.3 is 0 Å². The van der Waals surface area contributed by atoms with E-state index in [1.165, 1.54) is 12.1 Å². The van der Waals surface area contributed by atoms with Crippen molar-refractivity contribution in [1.29, 1.82) is 0 Å². The zero-order valence-corrected chi connectivity index (χ0v) is 12.1. The molecule has 2 aromatic carbocycles. The number of rotatable bonds is 4. The Balaban J connectivity index is 1.62. The molecule has 0 bridgehead atoms. The van der Waals surface area contributed by atoms with Crippen molar-refractivity contribution in [3.63, 3.8) is 0 Å². The highest BCUT2D eigenvalue weighted by molar-refractivity contribution is 5.92. The van der Waals surface area contributed by atoms with Gasteiger partial charge in [0.1, 0.15) is 11.3 Å². The molecule has 0 aliphatic heterocycles. The Labute approximate surface area is 127 Å². The highest BCUT2D eigenvalue weighted by Crippen LogP contribution is 2.20. The van der Waals surface area contributed by atoms with Crippen LogP contribution in [0.2, 0.25) is 0 Å². The minimum absolute atomic E-state index is 0.125. The summed E-state index contributed by atoms with van der Waals surface area (Å²) < 4.78 is 18.5. The zero-order chi connectivity index (χ0) is 15.5. The minimum atomic E-state index is -0.288. The molecule has 1 N–H and O–H groups in total. The molecule has 1 amide bonds. The van der Waals surface area contributed by atoms with Crippen molar-refractivity contribution in [2.24, 2.45) is 0 Å².